The second-order valence-corrected chi connectivity index (χ2v) is 4.28. The standard InChI is InChI=1S/C14H15F2N3/c1-9-13(17)4-5-14(19-9)18-7-6-10-8-11(15)2-3-12(10)16/h2-5,8H,6-7,17H2,1H3,(H,18,19). The highest BCUT2D eigenvalue weighted by atomic mass is 19.1. The summed E-state index contributed by atoms with van der Waals surface area (Å²) in [6, 6.07) is 6.96. The van der Waals surface area contributed by atoms with Crippen LogP contribution in [0.3, 0.4) is 0 Å². The molecule has 1 aromatic carbocycles. The molecular weight excluding hydrogens is 248 g/mol. The summed E-state index contributed by atoms with van der Waals surface area (Å²) in [4.78, 5) is 4.24. The van der Waals surface area contributed by atoms with Crippen LogP contribution in [0.1, 0.15) is 11.3 Å². The van der Waals surface area contributed by atoms with Gasteiger partial charge in [-0.15, -0.1) is 0 Å². The molecular formula is C14H15F2N3. The normalized spacial score (nSPS) is 10.5. The molecule has 3 nitrogen and oxygen atoms in total. The van der Waals surface area contributed by atoms with E-state index in [1.54, 1.807) is 12.1 Å². The van der Waals surface area contributed by atoms with Crippen LogP contribution in [0.25, 0.3) is 0 Å². The molecule has 2 rings (SSSR count). The lowest BCUT2D eigenvalue weighted by atomic mass is 10.1. The predicted molar refractivity (Wildman–Crippen MR) is 71.9 cm³/mol. The van der Waals surface area contributed by atoms with Gasteiger partial charge in [0.15, 0.2) is 0 Å². The molecule has 1 heterocycles. The SMILES string of the molecule is Cc1nc(NCCc2cc(F)ccc2F)ccc1N. The topological polar surface area (TPSA) is 50.9 Å². The van der Waals surface area contributed by atoms with E-state index in [1.165, 1.54) is 6.07 Å². The van der Waals surface area contributed by atoms with Crippen molar-refractivity contribution in [3.05, 3.63) is 53.2 Å². The van der Waals surface area contributed by atoms with Crippen LogP contribution in [0.4, 0.5) is 20.3 Å². The number of nitrogens with two attached hydrogens (primary N) is 1. The van der Waals surface area contributed by atoms with Crippen LogP contribution in [0.5, 0.6) is 0 Å². The average molecular weight is 263 g/mol. The Kier molecular flexibility index (Phi) is 3.94. The van der Waals surface area contributed by atoms with Crippen molar-refractivity contribution in [2.24, 2.45) is 0 Å². The Morgan fingerprint density at radius 1 is 1.21 bits per heavy atom. The molecule has 0 saturated carbocycles. The van der Waals surface area contributed by atoms with Crippen molar-refractivity contribution >= 4 is 11.5 Å². The number of rotatable bonds is 4. The lowest BCUT2D eigenvalue weighted by Crippen LogP contribution is -2.08. The van der Waals surface area contributed by atoms with E-state index in [0.29, 0.717) is 30.0 Å². The third-order valence-corrected chi connectivity index (χ3v) is 2.83. The van der Waals surface area contributed by atoms with E-state index >= 15 is 0 Å². The maximum atomic E-state index is 13.4. The van der Waals surface area contributed by atoms with E-state index in [1.807, 2.05) is 6.92 Å². The number of hydrogen-bond donors (Lipinski definition) is 2. The zero-order valence-electron chi connectivity index (χ0n) is 10.6. The van der Waals surface area contributed by atoms with Crippen molar-refractivity contribution in [3.8, 4) is 0 Å². The summed E-state index contributed by atoms with van der Waals surface area (Å²) in [7, 11) is 0. The minimum Gasteiger partial charge on any atom is -0.397 e. The fraction of sp³-hybridized carbons (Fsp3) is 0.214. The van der Waals surface area contributed by atoms with Gasteiger partial charge in [0.2, 0.25) is 0 Å². The zero-order valence-corrected chi connectivity index (χ0v) is 10.6. The van der Waals surface area contributed by atoms with Crippen LogP contribution in [0.15, 0.2) is 30.3 Å². The molecule has 0 atom stereocenters. The minimum absolute atomic E-state index is 0.347. The molecule has 0 spiro atoms. The van der Waals surface area contributed by atoms with Gasteiger partial charge in [-0.1, -0.05) is 0 Å². The van der Waals surface area contributed by atoms with Gasteiger partial charge in [0, 0.05) is 6.54 Å². The van der Waals surface area contributed by atoms with Crippen LogP contribution in [0.2, 0.25) is 0 Å². The van der Waals surface area contributed by atoms with E-state index < -0.39 is 11.6 Å². The van der Waals surface area contributed by atoms with Gasteiger partial charge in [-0.2, -0.15) is 0 Å². The molecule has 2 aromatic rings. The van der Waals surface area contributed by atoms with Gasteiger partial charge in [0.05, 0.1) is 11.4 Å². The first-order chi connectivity index (χ1) is 9.06. The van der Waals surface area contributed by atoms with Crippen LogP contribution < -0.4 is 11.1 Å². The Labute approximate surface area is 110 Å². The van der Waals surface area contributed by atoms with Crippen molar-refractivity contribution in [1.29, 1.82) is 0 Å². The van der Waals surface area contributed by atoms with Gasteiger partial charge in [-0.3, -0.25) is 0 Å². The van der Waals surface area contributed by atoms with E-state index in [0.717, 1.165) is 17.8 Å². The molecule has 0 aliphatic heterocycles. The summed E-state index contributed by atoms with van der Waals surface area (Å²) in [5.74, 6) is -0.161. The average Bonchev–Trinajstić information content (AvgIpc) is 2.38. The second-order valence-electron chi connectivity index (χ2n) is 4.28. The first-order valence-electron chi connectivity index (χ1n) is 5.97. The maximum Gasteiger partial charge on any atom is 0.126 e. The number of pyridine rings is 1. The highest BCUT2D eigenvalue weighted by Crippen LogP contribution is 2.13. The molecule has 0 amide bonds. The minimum atomic E-state index is -0.433. The first kappa shape index (κ1) is 13.3. The molecule has 0 saturated heterocycles. The Morgan fingerprint density at radius 3 is 2.74 bits per heavy atom. The molecule has 0 unspecified atom stereocenters. The summed E-state index contributed by atoms with van der Waals surface area (Å²) in [5, 5.41) is 3.05. The van der Waals surface area contributed by atoms with Crippen molar-refractivity contribution in [2.75, 3.05) is 17.6 Å². The number of anilines is 2. The van der Waals surface area contributed by atoms with Crippen molar-refractivity contribution in [3.63, 3.8) is 0 Å². The van der Waals surface area contributed by atoms with Crippen LogP contribution >= 0.6 is 0 Å². The number of hydrogen-bond acceptors (Lipinski definition) is 3. The molecule has 0 fully saturated rings. The zero-order chi connectivity index (χ0) is 13.8. The number of nitrogens with one attached hydrogen (secondary N) is 1. The molecule has 100 valence electrons. The van der Waals surface area contributed by atoms with Crippen LogP contribution in [-0.2, 0) is 6.42 Å². The number of nitrogen functional groups attached to an aromatic ring is 1. The lowest BCUT2D eigenvalue weighted by Gasteiger charge is -2.08. The van der Waals surface area contributed by atoms with Gasteiger partial charge in [0.1, 0.15) is 17.5 Å². The van der Waals surface area contributed by atoms with Crippen molar-refractivity contribution < 1.29 is 8.78 Å². The van der Waals surface area contributed by atoms with E-state index in [9.17, 15) is 8.78 Å². The van der Waals surface area contributed by atoms with Gasteiger partial charge in [0.25, 0.3) is 0 Å². The quantitative estimate of drug-likeness (QED) is 0.891. The predicted octanol–water partition coefficient (Wildman–Crippen LogP) is 2.91. The first-order valence-corrected chi connectivity index (χ1v) is 5.97. The molecule has 0 radical (unpaired) electrons. The van der Waals surface area contributed by atoms with Gasteiger partial charge in [-0.05, 0) is 49.2 Å². The monoisotopic (exact) mass is 263 g/mol. The number of aryl methyl sites for hydroxylation is 1. The summed E-state index contributed by atoms with van der Waals surface area (Å²) in [6.07, 6.45) is 0.384. The summed E-state index contributed by atoms with van der Waals surface area (Å²) < 4.78 is 26.4. The Morgan fingerprint density at radius 2 is 2.00 bits per heavy atom. The smallest absolute Gasteiger partial charge is 0.126 e. The molecule has 19 heavy (non-hydrogen) atoms. The summed E-state index contributed by atoms with van der Waals surface area (Å²) >= 11 is 0. The molecule has 0 aliphatic carbocycles. The van der Waals surface area contributed by atoms with E-state index in [2.05, 4.69) is 10.3 Å². The van der Waals surface area contributed by atoms with Crippen LogP contribution in [-0.4, -0.2) is 11.5 Å². The Bertz CT molecular complexity index is 585. The molecule has 0 aliphatic rings. The third kappa shape index (κ3) is 3.40. The summed E-state index contributed by atoms with van der Waals surface area (Å²) in [5.41, 5.74) is 7.37. The van der Waals surface area contributed by atoms with Gasteiger partial charge in [-0.25, -0.2) is 13.8 Å². The van der Waals surface area contributed by atoms with E-state index in [-0.39, 0.29) is 0 Å². The van der Waals surface area contributed by atoms with Crippen molar-refractivity contribution in [1.82, 2.24) is 4.98 Å². The van der Waals surface area contributed by atoms with Crippen molar-refractivity contribution in [2.45, 2.75) is 13.3 Å². The molecule has 1 aromatic heterocycles. The fourth-order valence-electron chi connectivity index (χ4n) is 1.73. The highest BCUT2D eigenvalue weighted by molar-refractivity contribution is 5.49. The maximum absolute atomic E-state index is 13.4. The van der Waals surface area contributed by atoms with Gasteiger partial charge >= 0.3 is 0 Å². The molecule has 5 heteroatoms. The lowest BCUT2D eigenvalue weighted by molar-refractivity contribution is 0.586. The second kappa shape index (κ2) is 5.65. The van der Waals surface area contributed by atoms with E-state index in [4.69, 9.17) is 5.73 Å². The molecule has 0 bridgehead atoms. The number of aromatic nitrogens is 1. The number of benzene rings is 1. The fourth-order valence-corrected chi connectivity index (χ4v) is 1.73. The Balaban J connectivity index is 1.96. The third-order valence-electron chi connectivity index (χ3n) is 2.83. The largest absolute Gasteiger partial charge is 0.397 e. The van der Waals surface area contributed by atoms with Crippen LogP contribution in [0, 0.1) is 18.6 Å². The number of halogens is 2. The van der Waals surface area contributed by atoms with Gasteiger partial charge < -0.3 is 11.1 Å². The highest BCUT2D eigenvalue weighted by Gasteiger charge is 2.04. The molecule has 3 N–H and O–H groups in total. The number of nitrogens with zero attached hydrogens (tertiary/aromatic N) is 1. The summed E-state index contributed by atoms with van der Waals surface area (Å²) in [6.45, 7) is 2.28. The Hall–Kier alpha value is -2.17.